The van der Waals surface area contributed by atoms with Crippen LogP contribution in [-0.2, 0) is 12.8 Å². The highest BCUT2D eigenvalue weighted by Crippen LogP contribution is 2.55. The zero-order valence-electron chi connectivity index (χ0n) is 25.4. The lowest BCUT2D eigenvalue weighted by molar-refractivity contribution is 0.890. The van der Waals surface area contributed by atoms with Crippen molar-refractivity contribution >= 4 is 140 Å². The minimum atomic E-state index is 0.512. The Morgan fingerprint density at radius 2 is 0.886 bits per heavy atom. The third-order valence-corrected chi connectivity index (χ3v) is 15.0. The van der Waals surface area contributed by atoms with Crippen LogP contribution in [-0.4, -0.2) is 0 Å². The Hall–Kier alpha value is -3.28. The Morgan fingerprint density at radius 1 is 0.477 bits per heavy atom. The molecule has 0 nitrogen and oxygen atoms in total. The van der Waals surface area contributed by atoms with E-state index in [1.807, 2.05) is 45.3 Å². The minimum Gasteiger partial charge on any atom is -0.140 e. The predicted octanol–water partition coefficient (Wildman–Crippen LogP) is 14.3. The van der Waals surface area contributed by atoms with Crippen molar-refractivity contribution in [2.75, 3.05) is 0 Å². The number of rotatable bonds is 3. The predicted molar refractivity (Wildman–Crippen MR) is 204 cm³/mol. The Kier molecular flexibility index (Phi) is 5.27. The number of hydrogen-bond donors (Lipinski definition) is 0. The van der Waals surface area contributed by atoms with Crippen LogP contribution in [0.5, 0.6) is 0 Å². The van der Waals surface area contributed by atoms with Crippen molar-refractivity contribution < 1.29 is 0 Å². The molecule has 4 aromatic heterocycles. The van der Waals surface area contributed by atoms with Crippen LogP contribution in [0.1, 0.15) is 53.1 Å². The van der Waals surface area contributed by atoms with Crippen molar-refractivity contribution in [2.45, 2.75) is 53.4 Å². The highest BCUT2D eigenvalue weighted by molar-refractivity contribution is 7.23. The number of hydrogen-bond acceptors (Lipinski definition) is 4. The molecule has 6 aromatic carbocycles. The summed E-state index contributed by atoms with van der Waals surface area (Å²) in [5, 5.41) is 20.2. The molecule has 0 amide bonds. The van der Waals surface area contributed by atoms with Crippen LogP contribution < -0.4 is 0 Å². The molecule has 0 bridgehead atoms. The molecule has 0 atom stereocenters. The Balaban J connectivity index is 1.58. The molecule has 0 radical (unpaired) electrons. The van der Waals surface area contributed by atoms with Crippen molar-refractivity contribution in [2.24, 2.45) is 0 Å². The van der Waals surface area contributed by atoms with Crippen molar-refractivity contribution in [3.8, 4) is 0 Å². The van der Waals surface area contributed by atoms with E-state index in [0.29, 0.717) is 5.92 Å². The second kappa shape index (κ2) is 8.92. The van der Waals surface area contributed by atoms with E-state index in [1.165, 1.54) is 114 Å². The average molecular weight is 639 g/mol. The molecule has 0 saturated carbocycles. The smallest absolute Gasteiger partial charge is 0.0437 e. The average Bonchev–Trinajstić information content (AvgIpc) is 3.82. The molecule has 0 aliphatic heterocycles. The highest BCUT2D eigenvalue weighted by Gasteiger charge is 2.25. The summed E-state index contributed by atoms with van der Waals surface area (Å²) in [6.07, 6.45) is 2.15. The first-order valence-corrected chi connectivity index (χ1v) is 19.0. The van der Waals surface area contributed by atoms with Crippen molar-refractivity contribution in [1.82, 2.24) is 0 Å². The summed E-state index contributed by atoms with van der Waals surface area (Å²) in [5.41, 5.74) is 0. The summed E-state index contributed by atoms with van der Waals surface area (Å²) in [5.74, 6) is 0.512. The molecular weight excluding hydrogens is 609 g/mol. The maximum absolute atomic E-state index is 2.50. The number of aryl methyl sites for hydroxylation is 3. The van der Waals surface area contributed by atoms with Crippen molar-refractivity contribution in [1.29, 1.82) is 0 Å². The van der Waals surface area contributed by atoms with Crippen LogP contribution in [0, 0.1) is 6.92 Å². The van der Waals surface area contributed by atoms with Crippen LogP contribution in [0.3, 0.4) is 0 Å². The van der Waals surface area contributed by atoms with Crippen molar-refractivity contribution in [3.63, 3.8) is 0 Å². The van der Waals surface area contributed by atoms with E-state index in [0.717, 1.165) is 12.8 Å². The van der Waals surface area contributed by atoms with Gasteiger partial charge in [0.1, 0.15) is 0 Å². The molecule has 214 valence electrons. The monoisotopic (exact) mass is 638 g/mol. The summed E-state index contributed by atoms with van der Waals surface area (Å²) in [6, 6.07) is 24.3. The van der Waals surface area contributed by atoms with Crippen LogP contribution in [0.4, 0.5) is 0 Å². The Bertz CT molecular complexity index is 2830. The van der Waals surface area contributed by atoms with Gasteiger partial charge in [0.15, 0.2) is 0 Å². The van der Waals surface area contributed by atoms with Crippen LogP contribution in [0.25, 0.3) is 94.2 Å². The zero-order chi connectivity index (χ0) is 29.6. The van der Waals surface area contributed by atoms with E-state index < -0.39 is 0 Å². The molecule has 0 spiro atoms. The van der Waals surface area contributed by atoms with E-state index in [4.69, 9.17) is 0 Å². The first-order chi connectivity index (χ1) is 21.5. The minimum absolute atomic E-state index is 0.512. The molecule has 0 unspecified atom stereocenters. The summed E-state index contributed by atoms with van der Waals surface area (Å²) >= 11 is 8.03. The molecular formula is C40H30S4. The maximum atomic E-state index is 2.50. The maximum Gasteiger partial charge on any atom is 0.0437 e. The van der Waals surface area contributed by atoms with Crippen molar-refractivity contribution in [3.05, 3.63) is 80.2 Å². The molecule has 0 saturated heterocycles. The Labute approximate surface area is 271 Å². The first-order valence-electron chi connectivity index (χ1n) is 15.7. The molecule has 0 N–H and O–H groups in total. The summed E-state index contributed by atoms with van der Waals surface area (Å²) in [6.45, 7) is 11.5. The van der Waals surface area contributed by atoms with Gasteiger partial charge in [-0.1, -0.05) is 64.1 Å². The van der Waals surface area contributed by atoms with Gasteiger partial charge in [-0.15, -0.1) is 45.3 Å². The first kappa shape index (κ1) is 26.0. The third kappa shape index (κ3) is 3.13. The zero-order valence-corrected chi connectivity index (χ0v) is 28.7. The fourth-order valence-corrected chi connectivity index (χ4v) is 12.6. The van der Waals surface area contributed by atoms with Gasteiger partial charge in [0.05, 0.1) is 0 Å². The molecule has 4 heterocycles. The fourth-order valence-electron chi connectivity index (χ4n) is 7.94. The van der Waals surface area contributed by atoms with Gasteiger partial charge in [0.25, 0.3) is 0 Å². The van der Waals surface area contributed by atoms with E-state index in [9.17, 15) is 0 Å². The lowest BCUT2D eigenvalue weighted by atomic mass is 9.85. The van der Waals surface area contributed by atoms with Gasteiger partial charge in [0.2, 0.25) is 0 Å². The lowest BCUT2D eigenvalue weighted by Crippen LogP contribution is -1.90. The third-order valence-electron chi connectivity index (χ3n) is 9.88. The standard InChI is InChI=1S/C40H30S4/c1-6-20-15-27-28-16-21(7-2)43-39(28)35-24-12-9-13-25-32(24)31-22(10-8-11-23(31)34(35)38(27)42-20)33-36(25)40-29(17-30(44-40)18(3)4)26-14-19(5)41-37(26)33/h8-18H,6-7H2,1-5H3. The van der Waals surface area contributed by atoms with Crippen LogP contribution >= 0.6 is 45.3 Å². The molecule has 0 aliphatic rings. The molecule has 44 heavy (non-hydrogen) atoms. The molecule has 4 heteroatoms. The number of fused-ring (bicyclic) bond motifs is 16. The summed E-state index contributed by atoms with van der Waals surface area (Å²) in [4.78, 5) is 5.82. The summed E-state index contributed by atoms with van der Waals surface area (Å²) < 4.78 is 5.84. The Morgan fingerprint density at radius 3 is 1.34 bits per heavy atom. The van der Waals surface area contributed by atoms with Gasteiger partial charge >= 0.3 is 0 Å². The molecule has 0 fully saturated rings. The molecule has 10 rings (SSSR count). The highest BCUT2D eigenvalue weighted by atomic mass is 32.1. The topological polar surface area (TPSA) is 0 Å². The van der Waals surface area contributed by atoms with Gasteiger partial charge in [-0.25, -0.2) is 0 Å². The lowest BCUT2D eigenvalue weighted by Gasteiger charge is -2.19. The van der Waals surface area contributed by atoms with Crippen LogP contribution in [0.2, 0.25) is 0 Å². The molecule has 0 aliphatic carbocycles. The normalized spacial score (nSPS) is 13.0. The quantitative estimate of drug-likeness (QED) is 0.133. The second-order valence-electron chi connectivity index (χ2n) is 12.7. The van der Waals surface area contributed by atoms with E-state index in [-0.39, 0.29) is 0 Å². The van der Waals surface area contributed by atoms with Gasteiger partial charge < -0.3 is 0 Å². The van der Waals surface area contributed by atoms with E-state index >= 15 is 0 Å². The fraction of sp³-hybridized carbons (Fsp3) is 0.200. The summed E-state index contributed by atoms with van der Waals surface area (Å²) in [7, 11) is 0. The molecule has 10 aromatic rings. The van der Waals surface area contributed by atoms with E-state index in [1.54, 1.807) is 0 Å². The van der Waals surface area contributed by atoms with Gasteiger partial charge in [-0.2, -0.15) is 0 Å². The second-order valence-corrected chi connectivity index (χ2v) is 17.3. The van der Waals surface area contributed by atoms with Gasteiger partial charge in [0, 0.05) is 81.4 Å². The SMILES string of the molecule is CCc1cc2c3cc(CC)sc3c3c4cccc5c4c4c(cccc4c3c2s1)c1c2sc(C)cc2c2cc(C(C)C)sc2c51. The number of thiophene rings is 4. The van der Waals surface area contributed by atoms with Crippen LogP contribution in [0.15, 0.2) is 60.7 Å². The van der Waals surface area contributed by atoms with E-state index in [2.05, 4.69) is 95.3 Å². The largest absolute Gasteiger partial charge is 0.140 e. The number of benzene rings is 6. The van der Waals surface area contributed by atoms with Gasteiger partial charge in [-0.05, 0) is 82.3 Å². The van der Waals surface area contributed by atoms with Gasteiger partial charge in [-0.3, -0.25) is 0 Å².